The van der Waals surface area contributed by atoms with Crippen LogP contribution in [-0.2, 0) is 18.9 Å². The topological polar surface area (TPSA) is 39.9 Å². The minimum absolute atomic E-state index is 0.0360. The molecule has 136 valence electrons. The van der Waals surface area contributed by atoms with Gasteiger partial charge in [-0.05, 0) is 37.1 Å². The summed E-state index contributed by atoms with van der Waals surface area (Å²) in [5, 5.41) is 9.41. The summed E-state index contributed by atoms with van der Waals surface area (Å²) in [6.07, 6.45) is 0. The molecule has 2 aromatic carbocycles. The molecule has 0 N–H and O–H groups in total. The lowest BCUT2D eigenvalue weighted by Gasteiger charge is -2.10. The van der Waals surface area contributed by atoms with E-state index in [9.17, 15) is 4.39 Å². The van der Waals surface area contributed by atoms with Crippen LogP contribution in [0.15, 0.2) is 47.6 Å². The molecule has 3 aromatic rings. The summed E-state index contributed by atoms with van der Waals surface area (Å²) < 4.78 is 20.9. The molecule has 0 bridgehead atoms. The number of ether oxygens (including phenoxy) is 1. The Morgan fingerprint density at radius 3 is 2.73 bits per heavy atom. The molecule has 0 fully saturated rings. The zero-order chi connectivity index (χ0) is 18.5. The van der Waals surface area contributed by atoms with E-state index >= 15 is 0 Å². The molecule has 26 heavy (non-hydrogen) atoms. The van der Waals surface area contributed by atoms with Crippen LogP contribution in [0.25, 0.3) is 0 Å². The van der Waals surface area contributed by atoms with Crippen molar-refractivity contribution in [1.82, 2.24) is 14.8 Å². The van der Waals surface area contributed by atoms with Gasteiger partial charge in [-0.1, -0.05) is 47.6 Å². The molecule has 3 rings (SSSR count). The van der Waals surface area contributed by atoms with E-state index in [0.29, 0.717) is 5.75 Å². The Bertz CT molecular complexity index is 900. The van der Waals surface area contributed by atoms with Crippen LogP contribution in [0.4, 0.5) is 4.39 Å². The smallest absolute Gasteiger partial charge is 0.191 e. The van der Waals surface area contributed by atoms with Crippen LogP contribution in [0, 0.1) is 12.7 Å². The van der Waals surface area contributed by atoms with Crippen molar-refractivity contribution < 1.29 is 9.13 Å². The summed E-state index contributed by atoms with van der Waals surface area (Å²) in [5.74, 6) is 1.58. The number of hydrogen-bond donors (Lipinski definition) is 0. The third-order valence-electron chi connectivity index (χ3n) is 3.99. The predicted molar refractivity (Wildman–Crippen MR) is 102 cm³/mol. The molecule has 0 amide bonds. The Balaban J connectivity index is 1.67. The molecule has 1 aromatic heterocycles. The Morgan fingerprint density at radius 1 is 1.19 bits per heavy atom. The molecule has 0 unspecified atom stereocenters. The summed E-state index contributed by atoms with van der Waals surface area (Å²) in [4.78, 5) is 0. The quantitative estimate of drug-likeness (QED) is 0.514. The van der Waals surface area contributed by atoms with Crippen molar-refractivity contribution >= 4 is 23.4 Å². The van der Waals surface area contributed by atoms with Gasteiger partial charge in [-0.3, -0.25) is 0 Å². The highest BCUT2D eigenvalue weighted by Gasteiger charge is 2.13. The van der Waals surface area contributed by atoms with Gasteiger partial charge in [0.15, 0.2) is 11.0 Å². The molecular weight excluding hydrogens is 373 g/mol. The van der Waals surface area contributed by atoms with Gasteiger partial charge in [-0.2, -0.15) is 0 Å². The van der Waals surface area contributed by atoms with Gasteiger partial charge < -0.3 is 9.30 Å². The first-order chi connectivity index (χ1) is 12.6. The summed E-state index contributed by atoms with van der Waals surface area (Å²) in [5.41, 5.74) is 2.54. The van der Waals surface area contributed by atoms with E-state index in [-0.39, 0.29) is 11.6 Å². The second kappa shape index (κ2) is 8.56. The highest BCUT2D eigenvalue weighted by Crippen LogP contribution is 2.25. The molecule has 4 nitrogen and oxygen atoms in total. The maximum absolute atomic E-state index is 13.2. The second-order valence-corrected chi connectivity index (χ2v) is 7.07. The number of thioether (sulfide) groups is 1. The molecule has 0 radical (unpaired) electrons. The Hall–Kier alpha value is -2.05. The summed E-state index contributed by atoms with van der Waals surface area (Å²) in [6.45, 7) is 5.13. The molecule has 0 saturated carbocycles. The Labute approximate surface area is 161 Å². The van der Waals surface area contributed by atoms with Crippen molar-refractivity contribution in [2.75, 3.05) is 0 Å². The SMILES string of the molecule is CCn1c(COc2ccc(F)c(Cl)c2)nnc1SCc1ccccc1C. The lowest BCUT2D eigenvalue weighted by Crippen LogP contribution is -2.07. The first-order valence-corrected chi connectivity index (χ1v) is 9.62. The lowest BCUT2D eigenvalue weighted by molar-refractivity contribution is 0.288. The molecule has 7 heteroatoms. The molecule has 0 aliphatic rings. The van der Waals surface area contributed by atoms with Gasteiger partial charge >= 0.3 is 0 Å². The fourth-order valence-corrected chi connectivity index (χ4v) is 3.75. The number of halogens is 2. The van der Waals surface area contributed by atoms with Crippen molar-refractivity contribution in [3.8, 4) is 5.75 Å². The average Bonchev–Trinajstić information content (AvgIpc) is 3.04. The van der Waals surface area contributed by atoms with E-state index in [2.05, 4.69) is 29.3 Å². The highest BCUT2D eigenvalue weighted by atomic mass is 35.5. The number of rotatable bonds is 7. The van der Waals surface area contributed by atoms with Crippen LogP contribution < -0.4 is 4.74 Å². The molecule has 0 aliphatic carbocycles. The standard InChI is InChI=1S/C19H19ClFN3OS/c1-3-24-18(11-25-15-8-9-17(21)16(20)10-15)22-23-19(24)26-12-14-7-5-4-6-13(14)2/h4-10H,3,11-12H2,1-2H3. The fourth-order valence-electron chi connectivity index (χ4n) is 2.48. The van der Waals surface area contributed by atoms with E-state index in [1.165, 1.54) is 23.3 Å². The van der Waals surface area contributed by atoms with Crippen molar-refractivity contribution in [3.63, 3.8) is 0 Å². The van der Waals surface area contributed by atoms with Crippen LogP contribution in [0.2, 0.25) is 5.02 Å². The molecule has 0 saturated heterocycles. The largest absolute Gasteiger partial charge is 0.486 e. The second-order valence-electron chi connectivity index (χ2n) is 5.72. The third kappa shape index (κ3) is 4.37. The first-order valence-electron chi connectivity index (χ1n) is 8.25. The van der Waals surface area contributed by atoms with Crippen molar-refractivity contribution in [2.45, 2.75) is 37.9 Å². The van der Waals surface area contributed by atoms with Gasteiger partial charge in [0.25, 0.3) is 0 Å². The molecule has 0 aliphatic heterocycles. The number of aromatic nitrogens is 3. The monoisotopic (exact) mass is 391 g/mol. The van der Waals surface area contributed by atoms with Crippen LogP contribution in [0.5, 0.6) is 5.75 Å². The van der Waals surface area contributed by atoms with E-state index in [1.807, 2.05) is 23.6 Å². The van der Waals surface area contributed by atoms with E-state index < -0.39 is 5.82 Å². The van der Waals surface area contributed by atoms with Gasteiger partial charge in [0.1, 0.15) is 18.2 Å². The number of aryl methyl sites for hydroxylation is 1. The van der Waals surface area contributed by atoms with Crippen LogP contribution in [0.3, 0.4) is 0 Å². The van der Waals surface area contributed by atoms with Gasteiger partial charge in [0.05, 0.1) is 5.02 Å². The maximum atomic E-state index is 13.2. The third-order valence-corrected chi connectivity index (χ3v) is 5.29. The Morgan fingerprint density at radius 2 is 2.00 bits per heavy atom. The van der Waals surface area contributed by atoms with E-state index in [1.54, 1.807) is 17.8 Å². The summed E-state index contributed by atoms with van der Waals surface area (Å²) >= 11 is 7.43. The van der Waals surface area contributed by atoms with Crippen molar-refractivity contribution in [1.29, 1.82) is 0 Å². The van der Waals surface area contributed by atoms with Crippen LogP contribution in [0.1, 0.15) is 23.9 Å². The number of nitrogens with zero attached hydrogens (tertiary/aromatic N) is 3. The van der Waals surface area contributed by atoms with Gasteiger partial charge in [-0.25, -0.2) is 4.39 Å². The first kappa shape index (κ1) is 18.7. The summed E-state index contributed by atoms with van der Waals surface area (Å²) in [7, 11) is 0. The fraction of sp³-hybridized carbons (Fsp3) is 0.263. The van der Waals surface area contributed by atoms with E-state index in [4.69, 9.17) is 16.3 Å². The van der Waals surface area contributed by atoms with E-state index in [0.717, 1.165) is 23.3 Å². The van der Waals surface area contributed by atoms with Gasteiger partial charge in [0, 0.05) is 18.4 Å². The maximum Gasteiger partial charge on any atom is 0.191 e. The predicted octanol–water partition coefficient (Wildman–Crippen LogP) is 5.27. The van der Waals surface area contributed by atoms with Crippen LogP contribution >= 0.6 is 23.4 Å². The van der Waals surface area contributed by atoms with Gasteiger partial charge in [0.2, 0.25) is 0 Å². The molecule has 0 spiro atoms. The molecule has 0 atom stereocenters. The van der Waals surface area contributed by atoms with Crippen LogP contribution in [-0.4, -0.2) is 14.8 Å². The van der Waals surface area contributed by atoms with Crippen molar-refractivity contribution in [3.05, 3.63) is 70.3 Å². The highest BCUT2D eigenvalue weighted by molar-refractivity contribution is 7.98. The van der Waals surface area contributed by atoms with Gasteiger partial charge in [-0.15, -0.1) is 10.2 Å². The normalized spacial score (nSPS) is 10.9. The molecular formula is C19H19ClFN3OS. The zero-order valence-corrected chi connectivity index (χ0v) is 16.1. The number of benzene rings is 2. The zero-order valence-electron chi connectivity index (χ0n) is 14.6. The average molecular weight is 392 g/mol. The summed E-state index contributed by atoms with van der Waals surface area (Å²) in [6, 6.07) is 12.6. The molecule has 1 heterocycles. The van der Waals surface area contributed by atoms with Crippen molar-refractivity contribution in [2.24, 2.45) is 0 Å². The number of hydrogen-bond acceptors (Lipinski definition) is 4. The minimum atomic E-state index is -0.467. The Kier molecular flexibility index (Phi) is 6.16. The minimum Gasteiger partial charge on any atom is -0.486 e. The lowest BCUT2D eigenvalue weighted by atomic mass is 10.1.